The van der Waals surface area contributed by atoms with Crippen LogP contribution in [0.25, 0.3) is 0 Å². The fraction of sp³-hybridized carbons (Fsp3) is 0.818. The zero-order chi connectivity index (χ0) is 20.1. The van der Waals surface area contributed by atoms with E-state index in [0.717, 1.165) is 44.9 Å². The highest BCUT2D eigenvalue weighted by molar-refractivity contribution is 5.48. The van der Waals surface area contributed by atoms with Gasteiger partial charge in [-0.15, -0.1) is 0 Å². The second kappa shape index (κ2) is 6.85. The summed E-state index contributed by atoms with van der Waals surface area (Å²) in [4.78, 5) is 11.3. The molecule has 0 radical (unpaired) electrons. The van der Waals surface area contributed by atoms with Gasteiger partial charge in [0.15, 0.2) is 0 Å². The molecular formula is C22H38N2O3. The summed E-state index contributed by atoms with van der Waals surface area (Å²) in [6.07, 6.45) is 8.50. The van der Waals surface area contributed by atoms with Crippen LogP contribution in [0.15, 0.2) is 11.6 Å². The van der Waals surface area contributed by atoms with Crippen LogP contribution in [0.4, 0.5) is 0 Å². The molecule has 2 fully saturated rings. The van der Waals surface area contributed by atoms with E-state index in [1.165, 1.54) is 5.57 Å². The van der Waals surface area contributed by atoms with Crippen molar-refractivity contribution < 1.29 is 20.0 Å². The van der Waals surface area contributed by atoms with Gasteiger partial charge in [-0.25, -0.2) is 0 Å². The maximum absolute atomic E-state index is 12.0. The first-order chi connectivity index (χ1) is 12.5. The molecule has 0 aromatic rings. The number of aliphatic hydroxyl groups is 1. The Bertz CT molecular complexity index is 619. The van der Waals surface area contributed by atoms with Crippen molar-refractivity contribution in [2.24, 2.45) is 11.8 Å². The molecular weight excluding hydrogens is 340 g/mol. The summed E-state index contributed by atoms with van der Waals surface area (Å²) >= 11 is 0. The molecule has 0 aromatic carbocycles. The fourth-order valence-electron chi connectivity index (χ4n) is 6.07. The summed E-state index contributed by atoms with van der Waals surface area (Å²) in [5.74, 6) is 0.0296. The summed E-state index contributed by atoms with van der Waals surface area (Å²) in [6, 6.07) is 0. The van der Waals surface area contributed by atoms with Gasteiger partial charge < -0.3 is 20.5 Å². The highest BCUT2D eigenvalue weighted by Crippen LogP contribution is 2.56. The van der Waals surface area contributed by atoms with Gasteiger partial charge in [0.25, 0.3) is 0 Å². The Labute approximate surface area is 164 Å². The molecule has 5 nitrogen and oxygen atoms in total. The lowest BCUT2D eigenvalue weighted by Gasteiger charge is -2.58. The number of rotatable bonds is 5. The number of nitrogens with two attached hydrogens (primary N) is 1. The van der Waals surface area contributed by atoms with Gasteiger partial charge in [-0.05, 0) is 73.1 Å². The van der Waals surface area contributed by atoms with Crippen molar-refractivity contribution >= 4 is 6.41 Å². The number of hydrogen-bond donors (Lipinski definition) is 3. The predicted octanol–water partition coefficient (Wildman–Crippen LogP) is 2.06. The maximum Gasteiger partial charge on any atom is 0.207 e. The molecule has 0 bridgehead atoms. The first-order valence-corrected chi connectivity index (χ1v) is 10.4. The molecule has 1 saturated heterocycles. The van der Waals surface area contributed by atoms with Gasteiger partial charge >= 0.3 is 0 Å². The summed E-state index contributed by atoms with van der Waals surface area (Å²) in [6.45, 7) is 10.7. The normalized spacial score (nSPS) is 45.1. The molecule has 5 heteroatoms. The van der Waals surface area contributed by atoms with Crippen molar-refractivity contribution in [3.63, 3.8) is 0 Å². The molecule has 0 aromatic heterocycles. The molecule has 1 amide bonds. The van der Waals surface area contributed by atoms with Gasteiger partial charge in [0.05, 0.1) is 16.7 Å². The first kappa shape index (κ1) is 20.8. The van der Waals surface area contributed by atoms with Crippen molar-refractivity contribution in [1.82, 2.24) is 5.32 Å². The number of amides is 1. The molecule has 6 atom stereocenters. The molecule has 1 saturated carbocycles. The molecule has 1 heterocycles. The summed E-state index contributed by atoms with van der Waals surface area (Å²) in [7, 11) is 3.99. The number of ether oxygens (including phenoxy) is 1. The Hall–Kier alpha value is -0.910. The van der Waals surface area contributed by atoms with Crippen molar-refractivity contribution in [2.75, 3.05) is 0 Å². The van der Waals surface area contributed by atoms with E-state index >= 15 is 0 Å². The third-order valence-corrected chi connectivity index (χ3v) is 7.94. The van der Waals surface area contributed by atoms with Crippen LogP contribution in [-0.4, -0.2) is 39.9 Å². The molecule has 2 aliphatic carbocycles. The van der Waals surface area contributed by atoms with E-state index in [-0.39, 0.29) is 34.6 Å². The minimum atomic E-state index is -0.951. The van der Waals surface area contributed by atoms with E-state index in [1.54, 1.807) is 0 Å². The van der Waals surface area contributed by atoms with Crippen LogP contribution in [0.5, 0.6) is 0 Å². The standard InChI is InChI=1S/C22H38N2O3/c1-15-7-8-16-20(4,24-14-25)11-9-17(22(16,26)13-15)21(5)12-10-18(27-21)19(2,3)23-6/h13-14,16-18,26H,6-12,23H2,1-5H3,(H,24,25). The lowest BCUT2D eigenvalue weighted by Crippen LogP contribution is -2.92. The van der Waals surface area contributed by atoms with E-state index in [4.69, 9.17) is 4.74 Å². The number of carbonyl (C=O) groups excluding carboxylic acids is 1. The smallest absolute Gasteiger partial charge is 0.207 e. The SMILES string of the molecule is [CH2-][NH2+]C(C)(C)C1CCC(C)(C2CCC(C)(NC=O)C3CCC(C)=CC32O)O1. The maximum atomic E-state index is 12.0. The topological polar surface area (TPSA) is 75.2 Å². The van der Waals surface area contributed by atoms with Crippen molar-refractivity contribution in [2.45, 2.75) is 102 Å². The molecule has 1 aliphatic heterocycles. The number of carbonyl (C=O) groups is 1. The monoisotopic (exact) mass is 378 g/mol. The summed E-state index contributed by atoms with van der Waals surface area (Å²) < 4.78 is 6.67. The number of allylic oxidation sites excluding steroid dienone is 1. The van der Waals surface area contributed by atoms with Crippen molar-refractivity contribution in [1.29, 1.82) is 0 Å². The zero-order valence-electron chi connectivity index (χ0n) is 17.7. The summed E-state index contributed by atoms with van der Waals surface area (Å²) in [5.41, 5.74) is -0.542. The summed E-state index contributed by atoms with van der Waals surface area (Å²) in [5, 5.41) is 17.0. The van der Waals surface area contributed by atoms with Crippen LogP contribution in [-0.2, 0) is 9.53 Å². The molecule has 6 unspecified atom stereocenters. The van der Waals surface area contributed by atoms with E-state index in [0.29, 0.717) is 0 Å². The number of nitrogens with one attached hydrogen (secondary N) is 1. The van der Waals surface area contributed by atoms with Gasteiger partial charge in [-0.2, -0.15) is 7.05 Å². The van der Waals surface area contributed by atoms with Crippen LogP contribution in [0, 0.1) is 18.9 Å². The van der Waals surface area contributed by atoms with Crippen LogP contribution in [0.1, 0.15) is 73.1 Å². The lowest BCUT2D eigenvalue weighted by molar-refractivity contribution is -0.678. The van der Waals surface area contributed by atoms with E-state index in [9.17, 15) is 9.90 Å². The third-order valence-electron chi connectivity index (χ3n) is 7.94. The third kappa shape index (κ3) is 3.36. The van der Waals surface area contributed by atoms with Gasteiger partial charge in [-0.3, -0.25) is 4.79 Å². The Morgan fingerprint density at radius 3 is 2.63 bits per heavy atom. The van der Waals surface area contributed by atoms with Gasteiger partial charge in [0.1, 0.15) is 6.10 Å². The molecule has 154 valence electrons. The average molecular weight is 379 g/mol. The van der Waals surface area contributed by atoms with E-state index in [1.807, 2.05) is 5.32 Å². The van der Waals surface area contributed by atoms with E-state index < -0.39 is 5.60 Å². The van der Waals surface area contributed by atoms with Crippen LogP contribution in [0.3, 0.4) is 0 Å². The van der Waals surface area contributed by atoms with Crippen molar-refractivity contribution in [3.8, 4) is 0 Å². The second-order valence-corrected chi connectivity index (χ2v) is 10.2. The predicted molar refractivity (Wildman–Crippen MR) is 106 cm³/mol. The highest BCUT2D eigenvalue weighted by Gasteiger charge is 2.62. The zero-order valence-corrected chi connectivity index (χ0v) is 17.7. The Balaban J connectivity index is 1.94. The van der Waals surface area contributed by atoms with Crippen LogP contribution in [0.2, 0.25) is 0 Å². The Morgan fingerprint density at radius 1 is 1.30 bits per heavy atom. The number of quaternary nitrogens is 1. The van der Waals surface area contributed by atoms with Gasteiger partial charge in [0, 0.05) is 17.4 Å². The molecule has 0 spiro atoms. The second-order valence-electron chi connectivity index (χ2n) is 10.2. The van der Waals surface area contributed by atoms with Gasteiger partial charge in [-0.1, -0.05) is 11.6 Å². The molecule has 3 rings (SSSR count). The van der Waals surface area contributed by atoms with Gasteiger partial charge in [0.2, 0.25) is 6.41 Å². The first-order valence-electron chi connectivity index (χ1n) is 10.4. The Kier molecular flexibility index (Phi) is 5.28. The lowest BCUT2D eigenvalue weighted by atomic mass is 9.53. The molecule has 3 aliphatic rings. The van der Waals surface area contributed by atoms with Crippen LogP contribution >= 0.6 is 0 Å². The minimum absolute atomic E-state index is 0.00420. The largest absolute Gasteiger partial charge is 0.472 e. The quantitative estimate of drug-likeness (QED) is 0.389. The van der Waals surface area contributed by atoms with Crippen molar-refractivity contribution in [3.05, 3.63) is 18.7 Å². The molecule has 27 heavy (non-hydrogen) atoms. The molecule has 4 N–H and O–H groups in total. The number of hydrogen-bond acceptors (Lipinski definition) is 3. The minimum Gasteiger partial charge on any atom is -0.472 e. The number of fused-ring (bicyclic) bond motifs is 1. The Morgan fingerprint density at radius 2 is 2.00 bits per heavy atom. The van der Waals surface area contributed by atoms with Crippen LogP contribution < -0.4 is 10.6 Å². The van der Waals surface area contributed by atoms with E-state index in [2.05, 4.69) is 53.1 Å². The fourth-order valence-corrected chi connectivity index (χ4v) is 6.07. The average Bonchev–Trinajstić information content (AvgIpc) is 2.98. The highest BCUT2D eigenvalue weighted by atomic mass is 16.5.